The van der Waals surface area contributed by atoms with E-state index in [9.17, 15) is 9.90 Å². The monoisotopic (exact) mass is 206 g/mol. The van der Waals surface area contributed by atoms with E-state index in [4.69, 9.17) is 9.52 Å². The van der Waals surface area contributed by atoms with E-state index in [1.807, 2.05) is 0 Å². The molecule has 0 spiro atoms. The Hall–Kier alpha value is -1.97. The zero-order valence-corrected chi connectivity index (χ0v) is 8.15. The fourth-order valence-corrected chi connectivity index (χ4v) is 1.57. The Kier molecular flexibility index (Phi) is 2.11. The molecule has 2 rings (SSSR count). The fraction of sp³-hybridized carbons (Fsp3) is 0.182. The van der Waals surface area contributed by atoms with Crippen LogP contribution in [0.1, 0.15) is 11.3 Å². The van der Waals surface area contributed by atoms with Gasteiger partial charge in [-0.2, -0.15) is 0 Å². The number of hydrogen-bond acceptors (Lipinski definition) is 3. The van der Waals surface area contributed by atoms with Crippen molar-refractivity contribution in [2.24, 2.45) is 0 Å². The second-order valence-electron chi connectivity index (χ2n) is 3.41. The third-order valence-corrected chi connectivity index (χ3v) is 2.22. The predicted octanol–water partition coefficient (Wildman–Crippen LogP) is 2.07. The van der Waals surface area contributed by atoms with Crippen molar-refractivity contribution in [2.75, 3.05) is 0 Å². The first-order valence-electron chi connectivity index (χ1n) is 4.50. The molecule has 1 heterocycles. The van der Waals surface area contributed by atoms with Crippen molar-refractivity contribution in [2.45, 2.75) is 13.3 Å². The number of carboxylic acids is 1. The van der Waals surface area contributed by atoms with Crippen molar-refractivity contribution in [3.63, 3.8) is 0 Å². The quantitative estimate of drug-likeness (QED) is 0.789. The maximum absolute atomic E-state index is 10.5. The van der Waals surface area contributed by atoms with Crippen LogP contribution in [0.25, 0.3) is 11.0 Å². The van der Waals surface area contributed by atoms with Gasteiger partial charge >= 0.3 is 5.97 Å². The van der Waals surface area contributed by atoms with Crippen LogP contribution >= 0.6 is 0 Å². The van der Waals surface area contributed by atoms with Gasteiger partial charge in [-0.25, -0.2) is 0 Å². The fourth-order valence-electron chi connectivity index (χ4n) is 1.57. The van der Waals surface area contributed by atoms with Gasteiger partial charge in [-0.15, -0.1) is 0 Å². The Labute approximate surface area is 85.8 Å². The second-order valence-corrected chi connectivity index (χ2v) is 3.41. The van der Waals surface area contributed by atoms with Gasteiger partial charge in [0.25, 0.3) is 0 Å². The molecule has 2 N–H and O–H groups in total. The molecule has 0 amide bonds. The Balaban J connectivity index is 2.58. The molecule has 1 aromatic carbocycles. The SMILES string of the molecule is Cc1cc2c(O)c(CC(=O)O)ccc2o1. The number of hydrogen-bond donors (Lipinski definition) is 2. The van der Waals surface area contributed by atoms with Crippen LogP contribution in [0.3, 0.4) is 0 Å². The number of carbonyl (C=O) groups is 1. The molecule has 1 aromatic heterocycles. The third kappa shape index (κ3) is 1.66. The van der Waals surface area contributed by atoms with Crippen LogP contribution in [-0.4, -0.2) is 16.2 Å². The van der Waals surface area contributed by atoms with Crippen molar-refractivity contribution in [1.82, 2.24) is 0 Å². The summed E-state index contributed by atoms with van der Waals surface area (Å²) in [4.78, 5) is 10.5. The number of furan rings is 1. The number of phenols is 1. The highest BCUT2D eigenvalue weighted by molar-refractivity contribution is 5.87. The Bertz CT molecular complexity index is 525. The minimum Gasteiger partial charge on any atom is -0.507 e. The van der Waals surface area contributed by atoms with Gasteiger partial charge in [0.1, 0.15) is 17.1 Å². The van der Waals surface area contributed by atoms with Crippen molar-refractivity contribution < 1.29 is 19.4 Å². The third-order valence-electron chi connectivity index (χ3n) is 2.22. The lowest BCUT2D eigenvalue weighted by Gasteiger charge is -2.01. The first-order chi connectivity index (χ1) is 7.08. The largest absolute Gasteiger partial charge is 0.507 e. The van der Waals surface area contributed by atoms with Crippen LogP contribution in [0.4, 0.5) is 0 Å². The average Bonchev–Trinajstić information content (AvgIpc) is 2.51. The standard InChI is InChI=1S/C11H10O4/c1-6-4-8-9(15-6)3-2-7(11(8)14)5-10(12)13/h2-4,14H,5H2,1H3,(H,12,13). The Morgan fingerprint density at radius 3 is 2.87 bits per heavy atom. The molecule has 4 nitrogen and oxygen atoms in total. The summed E-state index contributed by atoms with van der Waals surface area (Å²) in [6.45, 7) is 1.77. The maximum Gasteiger partial charge on any atom is 0.307 e. The van der Waals surface area contributed by atoms with Crippen molar-refractivity contribution in [3.05, 3.63) is 29.5 Å². The van der Waals surface area contributed by atoms with Crippen LogP contribution in [-0.2, 0) is 11.2 Å². The van der Waals surface area contributed by atoms with E-state index >= 15 is 0 Å². The number of rotatable bonds is 2. The Morgan fingerprint density at radius 1 is 1.47 bits per heavy atom. The summed E-state index contributed by atoms with van der Waals surface area (Å²) in [5.41, 5.74) is 0.968. The molecular weight excluding hydrogens is 196 g/mol. The van der Waals surface area contributed by atoms with Gasteiger partial charge < -0.3 is 14.6 Å². The molecule has 78 valence electrons. The summed E-state index contributed by atoms with van der Waals surface area (Å²) in [5.74, 6) is -0.288. The minimum absolute atomic E-state index is 0.00764. The molecule has 0 aliphatic heterocycles. The van der Waals surface area contributed by atoms with E-state index in [1.165, 1.54) is 0 Å². The van der Waals surface area contributed by atoms with E-state index in [-0.39, 0.29) is 12.2 Å². The molecule has 0 saturated heterocycles. The van der Waals surface area contributed by atoms with Gasteiger partial charge in [0.2, 0.25) is 0 Å². The van der Waals surface area contributed by atoms with Gasteiger partial charge in [-0.3, -0.25) is 4.79 Å². The summed E-state index contributed by atoms with van der Waals surface area (Å²) in [5, 5.41) is 19.0. The Morgan fingerprint density at radius 2 is 2.20 bits per heavy atom. The number of aryl methyl sites for hydroxylation is 1. The van der Waals surface area contributed by atoms with Gasteiger partial charge in [-0.05, 0) is 19.1 Å². The average molecular weight is 206 g/mol. The van der Waals surface area contributed by atoms with Gasteiger partial charge in [0, 0.05) is 5.56 Å². The topological polar surface area (TPSA) is 70.7 Å². The number of aliphatic carboxylic acids is 1. The second kappa shape index (κ2) is 3.31. The van der Waals surface area contributed by atoms with E-state index in [0.717, 1.165) is 0 Å². The molecule has 0 atom stereocenters. The lowest BCUT2D eigenvalue weighted by atomic mass is 10.1. The molecule has 4 heteroatoms. The zero-order chi connectivity index (χ0) is 11.0. The van der Waals surface area contributed by atoms with Crippen molar-refractivity contribution in [3.8, 4) is 5.75 Å². The highest BCUT2D eigenvalue weighted by Crippen LogP contribution is 2.31. The summed E-state index contributed by atoms with van der Waals surface area (Å²) in [6, 6.07) is 4.92. The summed E-state index contributed by atoms with van der Waals surface area (Å²) >= 11 is 0. The molecule has 2 aromatic rings. The molecule has 0 aliphatic carbocycles. The predicted molar refractivity (Wildman–Crippen MR) is 54.0 cm³/mol. The van der Waals surface area contributed by atoms with Crippen LogP contribution in [0.15, 0.2) is 22.6 Å². The number of aromatic hydroxyl groups is 1. The summed E-state index contributed by atoms with van der Waals surface area (Å²) in [6.07, 6.45) is -0.188. The summed E-state index contributed by atoms with van der Waals surface area (Å²) < 4.78 is 5.30. The van der Waals surface area contributed by atoms with E-state index in [2.05, 4.69) is 0 Å². The first-order valence-corrected chi connectivity index (χ1v) is 4.50. The smallest absolute Gasteiger partial charge is 0.307 e. The van der Waals surface area contributed by atoms with E-state index < -0.39 is 5.97 Å². The number of phenolic OH excluding ortho intramolecular Hbond substituents is 1. The van der Waals surface area contributed by atoms with Crippen molar-refractivity contribution in [1.29, 1.82) is 0 Å². The highest BCUT2D eigenvalue weighted by Gasteiger charge is 2.12. The van der Waals surface area contributed by atoms with Crippen LogP contribution in [0.2, 0.25) is 0 Å². The molecule has 0 fully saturated rings. The molecular formula is C11H10O4. The number of fused-ring (bicyclic) bond motifs is 1. The summed E-state index contributed by atoms with van der Waals surface area (Å²) in [7, 11) is 0. The molecule has 0 bridgehead atoms. The number of carboxylic acid groups (broad SMARTS) is 1. The van der Waals surface area contributed by atoms with E-state index in [0.29, 0.717) is 22.3 Å². The van der Waals surface area contributed by atoms with Crippen LogP contribution < -0.4 is 0 Å². The molecule has 0 aliphatic rings. The minimum atomic E-state index is -0.968. The van der Waals surface area contributed by atoms with Gasteiger partial charge in [0.05, 0.1) is 11.8 Å². The van der Waals surface area contributed by atoms with Gasteiger partial charge in [0.15, 0.2) is 0 Å². The number of benzene rings is 1. The highest BCUT2D eigenvalue weighted by atomic mass is 16.4. The van der Waals surface area contributed by atoms with Crippen LogP contribution in [0.5, 0.6) is 5.75 Å². The van der Waals surface area contributed by atoms with Crippen LogP contribution in [0, 0.1) is 6.92 Å². The van der Waals surface area contributed by atoms with Gasteiger partial charge in [-0.1, -0.05) is 6.07 Å². The molecule has 0 saturated carbocycles. The lowest BCUT2D eigenvalue weighted by Crippen LogP contribution is -1.99. The normalized spacial score (nSPS) is 10.7. The first kappa shape index (κ1) is 9.58. The molecule has 0 radical (unpaired) electrons. The maximum atomic E-state index is 10.5. The molecule has 0 unspecified atom stereocenters. The molecule has 15 heavy (non-hydrogen) atoms. The zero-order valence-electron chi connectivity index (χ0n) is 8.15. The van der Waals surface area contributed by atoms with E-state index in [1.54, 1.807) is 25.1 Å². The lowest BCUT2D eigenvalue weighted by molar-refractivity contribution is -0.136. The van der Waals surface area contributed by atoms with Crippen molar-refractivity contribution >= 4 is 16.9 Å².